The Hall–Kier alpha value is -3.30. The number of hydrogen-bond acceptors (Lipinski definition) is 4. The third kappa shape index (κ3) is 3.53. The molecule has 0 bridgehead atoms. The average Bonchev–Trinajstić information content (AvgIpc) is 2.62. The van der Waals surface area contributed by atoms with Crippen LogP contribution in [0.15, 0.2) is 24.3 Å². The van der Waals surface area contributed by atoms with Gasteiger partial charge >= 0.3 is 5.97 Å². The Kier molecular flexibility index (Phi) is 5.34. The summed E-state index contributed by atoms with van der Waals surface area (Å²) in [6, 6.07) is 4.29. The van der Waals surface area contributed by atoms with Crippen LogP contribution in [0.3, 0.4) is 0 Å². The first-order valence-corrected chi connectivity index (χ1v) is 6.70. The van der Waals surface area contributed by atoms with E-state index in [0.29, 0.717) is 0 Å². The molecule has 0 saturated carbocycles. The fourth-order valence-corrected chi connectivity index (χ4v) is 1.92. The van der Waals surface area contributed by atoms with E-state index in [4.69, 9.17) is 9.84 Å². The maximum absolute atomic E-state index is 13.6. The van der Waals surface area contributed by atoms with Crippen LogP contribution in [0.4, 0.5) is 22.0 Å². The Labute approximate surface area is 141 Å². The number of benzene rings is 2. The lowest BCUT2D eigenvalue weighted by molar-refractivity contribution is -0.139. The normalized spacial score (nSPS) is 10.5. The van der Waals surface area contributed by atoms with Crippen LogP contribution in [-0.2, 0) is 4.79 Å². The molecule has 0 heterocycles. The lowest BCUT2D eigenvalue weighted by Crippen LogP contribution is -2.20. The lowest BCUT2D eigenvalue weighted by atomic mass is 10.00. The molecule has 2 aromatic rings. The van der Waals surface area contributed by atoms with E-state index in [1.54, 1.807) is 0 Å². The molecular weight excluding hydrogens is 367 g/mol. The summed E-state index contributed by atoms with van der Waals surface area (Å²) in [5, 5.41) is 8.49. The summed E-state index contributed by atoms with van der Waals surface area (Å²) >= 11 is 0. The maximum atomic E-state index is 13.6. The van der Waals surface area contributed by atoms with Crippen molar-refractivity contribution in [1.82, 2.24) is 0 Å². The molecule has 0 aliphatic heterocycles. The summed E-state index contributed by atoms with van der Waals surface area (Å²) in [6.45, 7) is -0.775. The van der Waals surface area contributed by atoms with Gasteiger partial charge in [-0.2, -0.15) is 0 Å². The molecule has 0 aromatic heterocycles. The first-order chi connectivity index (χ1) is 12.1. The lowest BCUT2D eigenvalue weighted by Gasteiger charge is -2.08. The van der Waals surface area contributed by atoms with Crippen molar-refractivity contribution in [3.8, 4) is 5.75 Å². The molecule has 2 aromatic carbocycles. The highest BCUT2D eigenvalue weighted by molar-refractivity contribution is 6.49. The van der Waals surface area contributed by atoms with Crippen molar-refractivity contribution in [2.24, 2.45) is 0 Å². The molecule has 0 amide bonds. The summed E-state index contributed by atoms with van der Waals surface area (Å²) in [5.74, 6) is -17.1. The molecule has 136 valence electrons. The Morgan fingerprint density at radius 2 is 1.38 bits per heavy atom. The van der Waals surface area contributed by atoms with Crippen molar-refractivity contribution in [2.45, 2.75) is 0 Å². The monoisotopic (exact) mass is 374 g/mol. The SMILES string of the molecule is O=C(O)COc1cccc(C(=O)C(=O)c2c(F)c(F)c(F)c(F)c2F)c1. The number of rotatable bonds is 6. The first kappa shape index (κ1) is 19.0. The minimum Gasteiger partial charge on any atom is -0.482 e. The number of hydrogen-bond donors (Lipinski definition) is 1. The van der Waals surface area contributed by atoms with E-state index in [0.717, 1.165) is 18.2 Å². The molecule has 0 atom stereocenters. The quantitative estimate of drug-likeness (QED) is 0.277. The van der Waals surface area contributed by atoms with E-state index in [1.165, 1.54) is 6.07 Å². The number of ketones is 2. The molecule has 0 aliphatic rings. The van der Waals surface area contributed by atoms with Crippen LogP contribution in [0.1, 0.15) is 20.7 Å². The van der Waals surface area contributed by atoms with E-state index >= 15 is 0 Å². The second kappa shape index (κ2) is 7.30. The summed E-state index contributed by atoms with van der Waals surface area (Å²) in [5.41, 5.74) is -2.38. The summed E-state index contributed by atoms with van der Waals surface area (Å²) in [7, 11) is 0. The zero-order valence-corrected chi connectivity index (χ0v) is 12.5. The zero-order valence-electron chi connectivity index (χ0n) is 12.5. The number of carboxylic acid groups (broad SMARTS) is 1. The summed E-state index contributed by atoms with van der Waals surface area (Å²) in [4.78, 5) is 34.4. The van der Waals surface area contributed by atoms with E-state index < -0.39 is 64.4 Å². The van der Waals surface area contributed by atoms with Crippen LogP contribution in [0.2, 0.25) is 0 Å². The zero-order chi connectivity index (χ0) is 19.6. The topological polar surface area (TPSA) is 80.7 Å². The van der Waals surface area contributed by atoms with Crippen molar-refractivity contribution >= 4 is 17.5 Å². The van der Waals surface area contributed by atoms with Crippen molar-refractivity contribution in [1.29, 1.82) is 0 Å². The van der Waals surface area contributed by atoms with E-state index in [9.17, 15) is 36.3 Å². The molecule has 0 fully saturated rings. The fraction of sp³-hybridized carbons (Fsp3) is 0.0625. The molecule has 0 saturated heterocycles. The van der Waals surface area contributed by atoms with Crippen LogP contribution in [0.25, 0.3) is 0 Å². The van der Waals surface area contributed by atoms with E-state index in [1.807, 2.05) is 0 Å². The Bertz CT molecular complexity index is 896. The molecule has 0 aliphatic carbocycles. The van der Waals surface area contributed by atoms with Gasteiger partial charge in [-0.05, 0) is 12.1 Å². The van der Waals surface area contributed by atoms with Gasteiger partial charge in [-0.3, -0.25) is 9.59 Å². The van der Waals surface area contributed by atoms with Crippen molar-refractivity contribution in [2.75, 3.05) is 6.61 Å². The standard InChI is InChI=1S/C16H7F5O5/c17-10-9(11(18)13(20)14(21)12(10)19)16(25)15(24)6-2-1-3-7(4-6)26-5-8(22)23/h1-4H,5H2,(H,22,23). The average molecular weight is 374 g/mol. The highest BCUT2D eigenvalue weighted by atomic mass is 19.2. The van der Waals surface area contributed by atoms with E-state index in [2.05, 4.69) is 0 Å². The Morgan fingerprint density at radius 3 is 1.92 bits per heavy atom. The van der Waals surface area contributed by atoms with Gasteiger partial charge in [0.2, 0.25) is 17.4 Å². The molecule has 5 nitrogen and oxygen atoms in total. The van der Waals surface area contributed by atoms with Gasteiger partial charge in [-0.25, -0.2) is 26.7 Å². The number of halogens is 5. The minimum absolute atomic E-state index is 0.163. The number of ether oxygens (including phenoxy) is 1. The van der Waals surface area contributed by atoms with Crippen LogP contribution in [0, 0.1) is 29.1 Å². The van der Waals surface area contributed by atoms with Gasteiger partial charge in [0.25, 0.3) is 0 Å². The molecule has 0 unspecified atom stereocenters. The molecule has 10 heteroatoms. The number of carboxylic acids is 1. The van der Waals surface area contributed by atoms with Crippen LogP contribution in [-0.4, -0.2) is 29.2 Å². The van der Waals surface area contributed by atoms with Crippen molar-refractivity contribution in [3.63, 3.8) is 0 Å². The second-order valence-corrected chi connectivity index (χ2v) is 4.81. The van der Waals surface area contributed by atoms with Gasteiger partial charge < -0.3 is 9.84 Å². The van der Waals surface area contributed by atoms with Gasteiger partial charge in [-0.1, -0.05) is 12.1 Å². The molecule has 0 radical (unpaired) electrons. The number of Topliss-reactive ketones (excluding diaryl/α,β-unsaturated/α-hetero) is 2. The van der Waals surface area contributed by atoms with Gasteiger partial charge in [0, 0.05) is 5.56 Å². The fourth-order valence-electron chi connectivity index (χ4n) is 1.92. The molecule has 1 N–H and O–H groups in total. The third-order valence-electron chi connectivity index (χ3n) is 3.10. The highest BCUT2D eigenvalue weighted by Gasteiger charge is 2.33. The second-order valence-electron chi connectivity index (χ2n) is 4.81. The molecule has 26 heavy (non-hydrogen) atoms. The van der Waals surface area contributed by atoms with Gasteiger partial charge in [0.05, 0.1) is 0 Å². The number of carbonyl (C=O) groups excluding carboxylic acids is 2. The first-order valence-electron chi connectivity index (χ1n) is 6.70. The number of carbonyl (C=O) groups is 3. The summed E-state index contributed by atoms with van der Waals surface area (Å²) in [6.07, 6.45) is 0. The van der Waals surface area contributed by atoms with Gasteiger partial charge in [0.1, 0.15) is 11.3 Å². The predicted molar refractivity (Wildman–Crippen MR) is 74.5 cm³/mol. The van der Waals surface area contributed by atoms with Gasteiger partial charge in [-0.15, -0.1) is 0 Å². The van der Waals surface area contributed by atoms with E-state index in [-0.39, 0.29) is 5.75 Å². The largest absolute Gasteiger partial charge is 0.482 e. The third-order valence-corrected chi connectivity index (χ3v) is 3.10. The van der Waals surface area contributed by atoms with Crippen LogP contribution in [0.5, 0.6) is 5.75 Å². The van der Waals surface area contributed by atoms with Crippen LogP contribution < -0.4 is 4.74 Å². The van der Waals surface area contributed by atoms with Crippen molar-refractivity contribution in [3.05, 3.63) is 64.5 Å². The van der Waals surface area contributed by atoms with Crippen molar-refractivity contribution < 1.29 is 46.2 Å². The molecule has 0 spiro atoms. The van der Waals surface area contributed by atoms with Crippen LogP contribution >= 0.6 is 0 Å². The van der Waals surface area contributed by atoms with Gasteiger partial charge in [0.15, 0.2) is 29.9 Å². The minimum atomic E-state index is -2.46. The molecular formula is C16H7F5O5. The predicted octanol–water partition coefficient (Wildman–Crippen LogP) is 2.91. The number of aliphatic carboxylic acids is 1. The highest BCUT2D eigenvalue weighted by Crippen LogP contribution is 2.25. The Morgan fingerprint density at radius 1 is 0.846 bits per heavy atom. The smallest absolute Gasteiger partial charge is 0.341 e. The molecule has 2 rings (SSSR count). The Balaban J connectivity index is 2.41. The maximum Gasteiger partial charge on any atom is 0.341 e. The summed E-state index contributed by atoms with van der Waals surface area (Å²) < 4.78 is 71.4.